The molecule has 1 heterocycles. The second-order valence-corrected chi connectivity index (χ2v) is 17.3. The second kappa shape index (κ2) is 15.0. The van der Waals surface area contributed by atoms with E-state index < -0.39 is 26.6 Å². The SMILES string of the molecule is COc1ccccc1COCCCOc1ccc(C2C(O)CN(C(=O)O)CC2O[Si](C(C)C)(C(C)C)C(C)C)cc1. The molecule has 228 valence electrons. The van der Waals surface area contributed by atoms with Crippen molar-refractivity contribution in [2.75, 3.05) is 33.4 Å². The molecule has 8 nitrogen and oxygen atoms in total. The molecule has 1 saturated heterocycles. The minimum Gasteiger partial charge on any atom is -0.496 e. The van der Waals surface area contributed by atoms with Crippen LogP contribution in [0.4, 0.5) is 4.79 Å². The number of β-amino-alcohol motifs (C(OH)–C–C–N with tert-alkyl or cyclic N) is 1. The summed E-state index contributed by atoms with van der Waals surface area (Å²) in [5, 5.41) is 21.0. The van der Waals surface area contributed by atoms with Crippen LogP contribution in [0, 0.1) is 0 Å². The van der Waals surface area contributed by atoms with Crippen molar-refractivity contribution in [3.63, 3.8) is 0 Å². The topological polar surface area (TPSA) is 97.7 Å². The van der Waals surface area contributed by atoms with Crippen molar-refractivity contribution in [2.45, 2.75) is 89.3 Å². The number of nitrogens with zero attached hydrogens (tertiary/aromatic N) is 1. The number of ether oxygens (including phenoxy) is 3. The number of benzene rings is 2. The van der Waals surface area contributed by atoms with Crippen LogP contribution in [0.2, 0.25) is 16.6 Å². The molecule has 0 saturated carbocycles. The average molecular weight is 588 g/mol. The number of rotatable bonds is 14. The third-order valence-corrected chi connectivity index (χ3v) is 14.5. The molecule has 0 spiro atoms. The van der Waals surface area contributed by atoms with Gasteiger partial charge in [-0.25, -0.2) is 4.79 Å². The van der Waals surface area contributed by atoms with E-state index in [1.807, 2.05) is 48.5 Å². The molecule has 1 aliphatic heterocycles. The first-order chi connectivity index (χ1) is 19.5. The quantitative estimate of drug-likeness (QED) is 0.188. The number of hydrogen-bond donors (Lipinski definition) is 2. The number of hydrogen-bond acceptors (Lipinski definition) is 6. The fraction of sp³-hybridized carbons (Fsp3) is 0.594. The van der Waals surface area contributed by atoms with Crippen LogP contribution in [-0.2, 0) is 15.8 Å². The summed E-state index contributed by atoms with van der Waals surface area (Å²) in [5.74, 6) is 1.23. The number of methoxy groups -OCH3 is 1. The van der Waals surface area contributed by atoms with Gasteiger partial charge in [0.2, 0.25) is 8.32 Å². The monoisotopic (exact) mass is 587 g/mol. The van der Waals surface area contributed by atoms with Gasteiger partial charge in [0.1, 0.15) is 11.5 Å². The maximum atomic E-state index is 11.9. The van der Waals surface area contributed by atoms with Crippen molar-refractivity contribution in [1.29, 1.82) is 0 Å². The van der Waals surface area contributed by atoms with Gasteiger partial charge < -0.3 is 33.7 Å². The number of carboxylic acid groups (broad SMARTS) is 1. The standard InChI is InChI=1S/C32H49NO7Si/c1-22(2)41(23(3)4,24(5)6)40-30-20-33(32(35)36)19-28(34)31(30)25-13-15-27(16-14-25)39-18-10-17-38-21-26-11-8-9-12-29(26)37-7/h8-9,11-16,22-24,28,30-31,34H,10,17-21H2,1-7H3,(H,35,36). The van der Waals surface area contributed by atoms with Crippen LogP contribution >= 0.6 is 0 Å². The van der Waals surface area contributed by atoms with Gasteiger partial charge >= 0.3 is 6.09 Å². The highest BCUT2D eigenvalue weighted by atomic mass is 28.4. The van der Waals surface area contributed by atoms with Crippen molar-refractivity contribution >= 4 is 14.4 Å². The van der Waals surface area contributed by atoms with E-state index >= 15 is 0 Å². The molecule has 2 aromatic carbocycles. The van der Waals surface area contributed by atoms with E-state index in [4.69, 9.17) is 18.6 Å². The van der Waals surface area contributed by atoms with E-state index in [-0.39, 0.29) is 19.0 Å². The number of aliphatic hydroxyl groups excluding tert-OH is 1. The Kier molecular flexibility index (Phi) is 12.1. The fourth-order valence-electron chi connectivity index (χ4n) is 6.51. The Morgan fingerprint density at radius 1 is 0.951 bits per heavy atom. The molecule has 3 atom stereocenters. The van der Waals surface area contributed by atoms with Crippen LogP contribution in [0.15, 0.2) is 48.5 Å². The van der Waals surface area contributed by atoms with Crippen LogP contribution < -0.4 is 9.47 Å². The highest BCUT2D eigenvalue weighted by molar-refractivity contribution is 6.77. The molecule has 2 aromatic rings. The van der Waals surface area contributed by atoms with Crippen molar-refractivity contribution in [1.82, 2.24) is 4.90 Å². The Morgan fingerprint density at radius 3 is 2.17 bits per heavy atom. The highest BCUT2D eigenvalue weighted by Crippen LogP contribution is 2.45. The maximum Gasteiger partial charge on any atom is 0.407 e. The van der Waals surface area contributed by atoms with Gasteiger partial charge in [0.25, 0.3) is 0 Å². The lowest BCUT2D eigenvalue weighted by atomic mass is 9.85. The van der Waals surface area contributed by atoms with Gasteiger partial charge in [0.15, 0.2) is 0 Å². The Bertz CT molecular complexity index is 1070. The summed E-state index contributed by atoms with van der Waals surface area (Å²) in [7, 11) is -0.669. The van der Waals surface area contributed by atoms with Gasteiger partial charge in [-0.1, -0.05) is 71.9 Å². The molecule has 9 heteroatoms. The molecule has 3 unspecified atom stereocenters. The summed E-state index contributed by atoms with van der Waals surface area (Å²) in [4.78, 5) is 13.2. The third-order valence-electron chi connectivity index (χ3n) is 8.37. The highest BCUT2D eigenvalue weighted by Gasteiger charge is 2.50. The molecule has 1 fully saturated rings. The molecule has 0 bridgehead atoms. The van der Waals surface area contributed by atoms with Gasteiger partial charge in [-0.3, -0.25) is 0 Å². The molecule has 0 aromatic heterocycles. The summed E-state index contributed by atoms with van der Waals surface area (Å²) in [6, 6.07) is 15.6. The number of piperidine rings is 1. The molecule has 0 radical (unpaired) electrons. The van der Waals surface area contributed by atoms with E-state index in [0.29, 0.717) is 36.4 Å². The summed E-state index contributed by atoms with van der Waals surface area (Å²) in [6.45, 7) is 15.2. The Balaban J connectivity index is 1.65. The van der Waals surface area contributed by atoms with Crippen LogP contribution in [0.3, 0.4) is 0 Å². The Labute approximate surface area is 246 Å². The normalized spacial score (nSPS) is 19.7. The van der Waals surface area contributed by atoms with Crippen LogP contribution in [0.5, 0.6) is 11.5 Å². The van der Waals surface area contributed by atoms with Gasteiger partial charge in [-0.2, -0.15) is 0 Å². The molecule has 3 rings (SSSR count). The largest absolute Gasteiger partial charge is 0.496 e. The van der Waals surface area contributed by atoms with E-state index in [1.54, 1.807) is 7.11 Å². The van der Waals surface area contributed by atoms with Crippen LogP contribution in [0.25, 0.3) is 0 Å². The zero-order valence-corrected chi connectivity index (χ0v) is 26.7. The van der Waals surface area contributed by atoms with Crippen molar-refractivity contribution in [3.8, 4) is 11.5 Å². The zero-order valence-electron chi connectivity index (χ0n) is 25.7. The Hall–Kier alpha value is -2.59. The minimum atomic E-state index is -2.32. The van der Waals surface area contributed by atoms with Crippen molar-refractivity contribution < 1.29 is 33.6 Å². The number of para-hydroxylation sites is 1. The Morgan fingerprint density at radius 2 is 1.59 bits per heavy atom. The molecule has 0 aliphatic carbocycles. The smallest absolute Gasteiger partial charge is 0.407 e. The molecule has 1 aliphatic rings. The minimum absolute atomic E-state index is 0.0621. The second-order valence-electron chi connectivity index (χ2n) is 11.9. The lowest BCUT2D eigenvalue weighted by molar-refractivity contribution is -0.0190. The summed E-state index contributed by atoms with van der Waals surface area (Å²) >= 11 is 0. The van der Waals surface area contributed by atoms with Gasteiger partial charge in [0.05, 0.1) is 45.7 Å². The van der Waals surface area contributed by atoms with Gasteiger partial charge in [0, 0.05) is 24.4 Å². The zero-order chi connectivity index (χ0) is 30.2. The first-order valence-electron chi connectivity index (χ1n) is 14.8. The lowest BCUT2D eigenvalue weighted by Crippen LogP contribution is -2.59. The number of likely N-dealkylation sites (tertiary alicyclic amines) is 1. The molecule has 1 amide bonds. The average Bonchev–Trinajstić information content (AvgIpc) is 2.93. The van der Waals surface area contributed by atoms with E-state index in [2.05, 4.69) is 41.5 Å². The third kappa shape index (κ3) is 8.03. The van der Waals surface area contributed by atoms with E-state index in [1.165, 1.54) is 4.90 Å². The molecule has 2 N–H and O–H groups in total. The number of carbonyl (C=O) groups is 1. The predicted molar refractivity (Wildman–Crippen MR) is 163 cm³/mol. The summed E-state index contributed by atoms with van der Waals surface area (Å²) in [6.07, 6.45) is -1.58. The fourth-order valence-corrected chi connectivity index (χ4v) is 12.1. The first-order valence-corrected chi connectivity index (χ1v) is 16.9. The van der Waals surface area contributed by atoms with Gasteiger partial charge in [-0.15, -0.1) is 0 Å². The predicted octanol–water partition coefficient (Wildman–Crippen LogP) is 6.68. The molecular formula is C32H49NO7Si. The first kappa shape index (κ1) is 32.9. The van der Waals surface area contributed by atoms with E-state index in [0.717, 1.165) is 29.0 Å². The number of aliphatic hydroxyl groups is 1. The molecular weight excluding hydrogens is 538 g/mol. The van der Waals surface area contributed by atoms with Crippen molar-refractivity contribution in [2.24, 2.45) is 0 Å². The summed E-state index contributed by atoms with van der Waals surface area (Å²) < 4.78 is 24.2. The van der Waals surface area contributed by atoms with Crippen LogP contribution in [-0.4, -0.2) is 75.1 Å². The van der Waals surface area contributed by atoms with E-state index in [9.17, 15) is 15.0 Å². The molecule has 41 heavy (non-hydrogen) atoms. The number of amides is 1. The van der Waals surface area contributed by atoms with Gasteiger partial charge in [-0.05, 0) is 40.4 Å². The maximum absolute atomic E-state index is 11.9. The van der Waals surface area contributed by atoms with Crippen LogP contribution in [0.1, 0.15) is 65.0 Å². The lowest BCUT2D eigenvalue weighted by Gasteiger charge is -2.49. The van der Waals surface area contributed by atoms with Crippen molar-refractivity contribution in [3.05, 3.63) is 59.7 Å². The summed E-state index contributed by atoms with van der Waals surface area (Å²) in [5.41, 5.74) is 2.97.